The van der Waals surface area contributed by atoms with Crippen molar-refractivity contribution in [3.63, 3.8) is 0 Å². The number of carbonyl (C=O) groups excluding carboxylic acids is 4. The van der Waals surface area contributed by atoms with Crippen LogP contribution in [0.15, 0.2) is 146 Å². The van der Waals surface area contributed by atoms with Gasteiger partial charge < -0.3 is 0 Å². The van der Waals surface area contributed by atoms with Crippen molar-refractivity contribution < 1.29 is 19.2 Å². The summed E-state index contributed by atoms with van der Waals surface area (Å²) in [6.45, 7) is 4.25. The van der Waals surface area contributed by atoms with Crippen LogP contribution in [0.5, 0.6) is 0 Å². The van der Waals surface area contributed by atoms with Crippen molar-refractivity contribution in [1.29, 1.82) is 0 Å². The lowest BCUT2D eigenvalue weighted by Gasteiger charge is -2.14. The number of hydrogen-bond acceptors (Lipinski definition) is 4. The van der Waals surface area contributed by atoms with Crippen LogP contribution in [0.1, 0.15) is 65.9 Å². The van der Waals surface area contributed by atoms with Gasteiger partial charge in [0.15, 0.2) is 11.6 Å². The molecule has 4 heteroatoms. The van der Waals surface area contributed by atoms with Crippen LogP contribution in [-0.2, 0) is 14.4 Å². The molecular weight excluding hydrogens is 556 g/mol. The maximum Gasteiger partial charge on any atom is 0.373 e. The van der Waals surface area contributed by atoms with Gasteiger partial charge >= 0.3 is 6.15 Å². The van der Waals surface area contributed by atoms with Crippen molar-refractivity contribution in [3.05, 3.63) is 179 Å². The maximum absolute atomic E-state index is 14.3. The van der Waals surface area contributed by atoms with Crippen LogP contribution >= 0.6 is 0 Å². The highest BCUT2D eigenvalue weighted by Crippen LogP contribution is 2.49. The molecule has 0 spiro atoms. The van der Waals surface area contributed by atoms with Crippen LogP contribution in [0, 0.1) is 0 Å². The highest BCUT2D eigenvalue weighted by Gasteiger charge is 2.35. The number of hydrogen-bond donors (Lipinski definition) is 0. The Morgan fingerprint density at radius 3 is 1.09 bits per heavy atom. The van der Waals surface area contributed by atoms with Crippen LogP contribution in [0.2, 0.25) is 0 Å². The first-order valence-corrected chi connectivity index (χ1v) is 14.4. The minimum atomic E-state index is -0.0271. The molecule has 0 unspecified atom stereocenters. The Hall–Kier alpha value is -5.70. The summed E-state index contributed by atoms with van der Waals surface area (Å²) in [6, 6.07) is 46.7. The highest BCUT2D eigenvalue weighted by molar-refractivity contribution is 6.59. The van der Waals surface area contributed by atoms with E-state index >= 15 is 0 Å². The summed E-state index contributed by atoms with van der Waals surface area (Å²) in [5, 5.41) is 0. The minimum Gasteiger partial charge on any atom is -0.289 e. The van der Waals surface area contributed by atoms with E-state index in [1.54, 1.807) is 0 Å². The van der Waals surface area contributed by atoms with E-state index in [0.29, 0.717) is 22.3 Å². The molecular formula is C41H36O4. The van der Waals surface area contributed by atoms with Crippen LogP contribution in [0.4, 0.5) is 0 Å². The second-order valence-electron chi connectivity index (χ2n) is 9.99. The van der Waals surface area contributed by atoms with Crippen LogP contribution in [-0.4, -0.2) is 17.7 Å². The largest absolute Gasteiger partial charge is 0.373 e. The van der Waals surface area contributed by atoms with Gasteiger partial charge in [0.1, 0.15) is 0 Å². The van der Waals surface area contributed by atoms with E-state index < -0.39 is 0 Å². The molecule has 0 aromatic heterocycles. The molecule has 0 amide bonds. The quantitative estimate of drug-likeness (QED) is 0.184. The Morgan fingerprint density at radius 1 is 0.467 bits per heavy atom. The minimum absolute atomic E-state index is 0. The smallest absolute Gasteiger partial charge is 0.289 e. The van der Waals surface area contributed by atoms with E-state index in [9.17, 15) is 9.59 Å². The van der Waals surface area contributed by atoms with E-state index in [-0.39, 0.29) is 25.1 Å². The van der Waals surface area contributed by atoms with Crippen molar-refractivity contribution >= 4 is 40.0 Å². The van der Waals surface area contributed by atoms with E-state index in [4.69, 9.17) is 9.59 Å². The Kier molecular flexibility index (Phi) is 12.6. The van der Waals surface area contributed by atoms with Crippen molar-refractivity contribution in [2.45, 2.75) is 27.7 Å². The number of rotatable bonds is 6. The molecule has 0 heterocycles. The van der Waals surface area contributed by atoms with Crippen molar-refractivity contribution in [2.75, 3.05) is 0 Å². The number of carbonyl (C=O) groups is 2. The molecule has 224 valence electrons. The van der Waals surface area contributed by atoms with Gasteiger partial charge in [0.2, 0.25) is 0 Å². The maximum atomic E-state index is 14.3. The summed E-state index contributed by atoms with van der Waals surface area (Å²) >= 11 is 0. The summed E-state index contributed by atoms with van der Waals surface area (Å²) < 4.78 is 0. The predicted octanol–water partition coefficient (Wildman–Crippen LogP) is 9.49. The number of benzene rings is 5. The predicted molar refractivity (Wildman–Crippen MR) is 182 cm³/mol. The molecule has 45 heavy (non-hydrogen) atoms. The summed E-state index contributed by atoms with van der Waals surface area (Å²) in [6.07, 6.45) is 1.50. The molecule has 5 aromatic carbocycles. The van der Waals surface area contributed by atoms with Crippen molar-refractivity contribution in [3.8, 4) is 0 Å². The zero-order valence-electron chi connectivity index (χ0n) is 24.7. The van der Waals surface area contributed by atoms with Crippen LogP contribution in [0.25, 0.3) is 22.3 Å². The lowest BCUT2D eigenvalue weighted by Crippen LogP contribution is -2.02. The van der Waals surface area contributed by atoms with Gasteiger partial charge in [0.05, 0.1) is 0 Å². The van der Waals surface area contributed by atoms with Gasteiger partial charge in [-0.3, -0.25) is 9.59 Å². The summed E-state index contributed by atoms with van der Waals surface area (Å²) in [5.41, 5.74) is 8.04. The molecule has 6 rings (SSSR count). The summed E-state index contributed by atoms with van der Waals surface area (Å²) in [4.78, 5) is 43.6. The number of ketones is 2. The standard InChI is InChI=1S/C36H24O2.C3H8.CO2.CH4/c37-35(29-19-11-4-12-20-29)30-23-21-28(22-24-30)32-31(25-13-5-1-6-14-25)33(26-15-7-2-8-16-26)36(38)34(32)27-17-9-3-10-18-27;1-3-2;2-1-3;/h1-24H;3H2,1-2H3;;1H4. The van der Waals surface area contributed by atoms with Crippen molar-refractivity contribution in [2.24, 2.45) is 0 Å². The molecule has 1 aliphatic rings. The third-order valence-electron chi connectivity index (χ3n) is 6.86. The first kappa shape index (κ1) is 33.8. The SMILES string of the molecule is C.CCC.O=C1C(c2ccccc2)=C(c2ccccc2)C(c2ccc(C(=O)c3ccccc3)cc2)=C1c1ccccc1.O=C=O. The summed E-state index contributed by atoms with van der Waals surface area (Å²) in [5.74, 6) is -0.0265. The molecule has 0 radical (unpaired) electrons. The highest BCUT2D eigenvalue weighted by atomic mass is 16.2. The number of Topliss-reactive ketones (excluding diaryl/α,β-unsaturated/α-hetero) is 1. The fourth-order valence-electron chi connectivity index (χ4n) is 5.09. The molecule has 0 fully saturated rings. The van der Waals surface area contributed by atoms with Gasteiger partial charge in [0.25, 0.3) is 0 Å². The zero-order valence-corrected chi connectivity index (χ0v) is 24.7. The van der Waals surface area contributed by atoms with Gasteiger partial charge in [-0.05, 0) is 22.3 Å². The van der Waals surface area contributed by atoms with Gasteiger partial charge in [0, 0.05) is 33.4 Å². The zero-order chi connectivity index (χ0) is 31.3. The van der Waals surface area contributed by atoms with Crippen molar-refractivity contribution in [1.82, 2.24) is 0 Å². The molecule has 4 nitrogen and oxygen atoms in total. The Labute approximate surface area is 265 Å². The average molecular weight is 593 g/mol. The molecule has 0 saturated carbocycles. The molecule has 0 saturated heterocycles. The molecule has 5 aromatic rings. The van der Waals surface area contributed by atoms with Gasteiger partial charge in [-0.1, -0.05) is 173 Å². The van der Waals surface area contributed by atoms with Crippen LogP contribution < -0.4 is 0 Å². The lowest BCUT2D eigenvalue weighted by molar-refractivity contribution is -0.191. The second-order valence-corrected chi connectivity index (χ2v) is 9.99. The van der Waals surface area contributed by atoms with E-state index in [2.05, 4.69) is 13.8 Å². The lowest BCUT2D eigenvalue weighted by atomic mass is 9.88. The van der Waals surface area contributed by atoms with Gasteiger partial charge in [-0.25, -0.2) is 0 Å². The molecule has 0 aliphatic heterocycles. The van der Waals surface area contributed by atoms with E-state index in [0.717, 1.165) is 33.4 Å². The van der Waals surface area contributed by atoms with E-state index in [1.807, 2.05) is 146 Å². The van der Waals surface area contributed by atoms with E-state index in [1.165, 1.54) is 6.42 Å². The first-order valence-electron chi connectivity index (χ1n) is 14.4. The third kappa shape index (κ3) is 7.83. The molecule has 0 N–H and O–H groups in total. The summed E-state index contributed by atoms with van der Waals surface area (Å²) in [7, 11) is 0. The second kappa shape index (κ2) is 16.8. The average Bonchev–Trinajstić information content (AvgIpc) is 3.39. The van der Waals surface area contributed by atoms with Gasteiger partial charge in [-0.15, -0.1) is 0 Å². The molecule has 1 aliphatic carbocycles. The van der Waals surface area contributed by atoms with Gasteiger partial charge in [-0.2, -0.15) is 9.59 Å². The van der Waals surface area contributed by atoms with Crippen LogP contribution in [0.3, 0.4) is 0 Å². The fraction of sp³-hybridized carbons (Fsp3) is 0.0976. The fourth-order valence-corrected chi connectivity index (χ4v) is 5.09. The Bertz CT molecular complexity index is 1800. The first-order chi connectivity index (χ1) is 21.5. The normalized spacial score (nSPS) is 11.7. The third-order valence-corrected chi connectivity index (χ3v) is 6.86. The monoisotopic (exact) mass is 592 g/mol. The Morgan fingerprint density at radius 2 is 0.733 bits per heavy atom. The number of allylic oxidation sites excluding steroid dienone is 4. The molecule has 0 atom stereocenters. The Balaban J connectivity index is 0.000000733. The molecule has 0 bridgehead atoms. The topological polar surface area (TPSA) is 68.3 Å².